The molecule has 1 aromatic carbocycles. The number of hydrogen-bond acceptors (Lipinski definition) is 2. The number of carbonyl (C=O) groups is 1. The minimum Gasteiger partial charge on any atom is -0.496 e. The summed E-state index contributed by atoms with van der Waals surface area (Å²) in [6.45, 7) is 1.94. The van der Waals surface area contributed by atoms with Gasteiger partial charge in [0.25, 0.3) is 0 Å². The third-order valence-electron chi connectivity index (χ3n) is 2.24. The van der Waals surface area contributed by atoms with Gasteiger partial charge in [0.15, 0.2) is 0 Å². The van der Waals surface area contributed by atoms with Crippen LogP contribution in [0.15, 0.2) is 16.6 Å². The second-order valence-corrected chi connectivity index (χ2v) is 4.05. The molecule has 0 amide bonds. The Hall–Kier alpha value is -1.03. The smallest absolute Gasteiger partial charge is 0.303 e. The lowest BCUT2D eigenvalue weighted by Crippen LogP contribution is -1.99. The fourth-order valence-electron chi connectivity index (χ4n) is 1.38. The van der Waals surface area contributed by atoms with Crippen molar-refractivity contribution in [3.8, 4) is 5.75 Å². The summed E-state index contributed by atoms with van der Waals surface area (Å²) in [6, 6.07) is 3.75. The van der Waals surface area contributed by atoms with Crippen molar-refractivity contribution in [2.75, 3.05) is 7.11 Å². The van der Waals surface area contributed by atoms with Crippen molar-refractivity contribution in [3.05, 3.63) is 27.7 Å². The molecule has 0 aliphatic rings. The van der Waals surface area contributed by atoms with Crippen LogP contribution in [-0.4, -0.2) is 18.2 Å². The van der Waals surface area contributed by atoms with Gasteiger partial charge >= 0.3 is 5.97 Å². The second-order valence-electron chi connectivity index (χ2n) is 3.26. The number of rotatable bonds is 4. The molecule has 0 atom stereocenters. The first-order valence-electron chi connectivity index (χ1n) is 4.60. The average molecular weight is 273 g/mol. The number of carboxylic acid groups (broad SMARTS) is 1. The highest BCUT2D eigenvalue weighted by atomic mass is 79.9. The van der Waals surface area contributed by atoms with Crippen LogP contribution < -0.4 is 4.74 Å². The Kier molecular flexibility index (Phi) is 4.15. The Morgan fingerprint density at radius 2 is 2.20 bits per heavy atom. The molecule has 0 saturated heterocycles. The molecule has 0 radical (unpaired) electrons. The highest BCUT2D eigenvalue weighted by Gasteiger charge is 2.09. The van der Waals surface area contributed by atoms with E-state index in [1.54, 1.807) is 7.11 Å². The maximum absolute atomic E-state index is 10.5. The Bertz CT molecular complexity index is 374. The van der Waals surface area contributed by atoms with Crippen LogP contribution >= 0.6 is 15.9 Å². The molecule has 1 rings (SSSR count). The van der Waals surface area contributed by atoms with Gasteiger partial charge in [-0.15, -0.1) is 0 Å². The molecule has 0 saturated carbocycles. The standard InChI is InChI=1S/C11H13BrO3/c1-7-9(15-2)5-3-8(11(7)12)4-6-10(13)14/h3,5H,4,6H2,1-2H3,(H,13,14). The molecule has 0 bridgehead atoms. The summed E-state index contributed by atoms with van der Waals surface area (Å²) < 4.78 is 6.09. The van der Waals surface area contributed by atoms with Crippen LogP contribution in [0.2, 0.25) is 0 Å². The zero-order valence-electron chi connectivity index (χ0n) is 8.71. The zero-order chi connectivity index (χ0) is 11.4. The van der Waals surface area contributed by atoms with E-state index in [2.05, 4.69) is 15.9 Å². The minimum atomic E-state index is -0.782. The molecule has 0 spiro atoms. The van der Waals surface area contributed by atoms with E-state index in [9.17, 15) is 4.79 Å². The number of aryl methyl sites for hydroxylation is 1. The van der Waals surface area contributed by atoms with Gasteiger partial charge in [0, 0.05) is 16.5 Å². The van der Waals surface area contributed by atoms with Gasteiger partial charge in [-0.25, -0.2) is 0 Å². The highest BCUT2D eigenvalue weighted by Crippen LogP contribution is 2.29. The van der Waals surface area contributed by atoms with E-state index in [1.807, 2.05) is 19.1 Å². The molecule has 0 fully saturated rings. The topological polar surface area (TPSA) is 46.5 Å². The first kappa shape index (κ1) is 12.0. The summed E-state index contributed by atoms with van der Waals surface area (Å²) >= 11 is 3.45. The van der Waals surface area contributed by atoms with E-state index in [0.717, 1.165) is 21.3 Å². The summed E-state index contributed by atoms with van der Waals surface area (Å²) in [5.74, 6) is 0.0244. The number of ether oxygens (including phenoxy) is 1. The Labute approximate surface area is 97.2 Å². The number of halogens is 1. The van der Waals surface area contributed by atoms with Crippen molar-refractivity contribution in [1.82, 2.24) is 0 Å². The highest BCUT2D eigenvalue weighted by molar-refractivity contribution is 9.10. The van der Waals surface area contributed by atoms with Crippen LogP contribution in [0, 0.1) is 6.92 Å². The summed E-state index contributed by atoms with van der Waals surface area (Å²) in [5, 5.41) is 8.60. The largest absolute Gasteiger partial charge is 0.496 e. The van der Waals surface area contributed by atoms with E-state index in [4.69, 9.17) is 9.84 Å². The number of methoxy groups -OCH3 is 1. The molecule has 3 nitrogen and oxygen atoms in total. The van der Waals surface area contributed by atoms with E-state index in [1.165, 1.54) is 0 Å². The molecule has 0 unspecified atom stereocenters. The van der Waals surface area contributed by atoms with Gasteiger partial charge in [-0.3, -0.25) is 4.79 Å². The predicted octanol–water partition coefficient (Wildman–Crippen LogP) is 2.78. The van der Waals surface area contributed by atoms with Gasteiger partial charge in [0.1, 0.15) is 5.75 Å². The number of benzene rings is 1. The fourth-order valence-corrected chi connectivity index (χ4v) is 1.91. The molecule has 15 heavy (non-hydrogen) atoms. The molecular weight excluding hydrogens is 260 g/mol. The third-order valence-corrected chi connectivity index (χ3v) is 3.35. The van der Waals surface area contributed by atoms with E-state index < -0.39 is 5.97 Å². The monoisotopic (exact) mass is 272 g/mol. The first-order chi connectivity index (χ1) is 7.06. The summed E-state index contributed by atoms with van der Waals surface area (Å²) in [4.78, 5) is 10.5. The number of carboxylic acids is 1. The van der Waals surface area contributed by atoms with Crippen LogP contribution in [0.1, 0.15) is 17.5 Å². The molecular formula is C11H13BrO3. The van der Waals surface area contributed by atoms with Gasteiger partial charge in [-0.05, 0) is 25.0 Å². The quantitative estimate of drug-likeness (QED) is 0.917. The van der Waals surface area contributed by atoms with Gasteiger partial charge in [0.05, 0.1) is 7.11 Å². The van der Waals surface area contributed by atoms with Crippen molar-refractivity contribution >= 4 is 21.9 Å². The van der Waals surface area contributed by atoms with Crippen LogP contribution in [0.4, 0.5) is 0 Å². The number of hydrogen-bond donors (Lipinski definition) is 1. The van der Waals surface area contributed by atoms with Crippen LogP contribution in [-0.2, 0) is 11.2 Å². The lowest BCUT2D eigenvalue weighted by Gasteiger charge is -2.10. The van der Waals surface area contributed by atoms with Gasteiger partial charge in [0.2, 0.25) is 0 Å². The van der Waals surface area contributed by atoms with Crippen LogP contribution in [0.3, 0.4) is 0 Å². The Morgan fingerprint density at radius 1 is 1.53 bits per heavy atom. The minimum absolute atomic E-state index is 0.143. The van der Waals surface area contributed by atoms with Crippen molar-refractivity contribution in [3.63, 3.8) is 0 Å². The molecule has 1 N–H and O–H groups in total. The summed E-state index contributed by atoms with van der Waals surface area (Å²) in [6.07, 6.45) is 0.672. The summed E-state index contributed by atoms with van der Waals surface area (Å²) in [5.41, 5.74) is 2.00. The molecule has 4 heteroatoms. The van der Waals surface area contributed by atoms with Gasteiger partial charge < -0.3 is 9.84 Å². The third kappa shape index (κ3) is 2.96. The molecule has 0 aromatic heterocycles. The van der Waals surface area contributed by atoms with Crippen LogP contribution in [0.5, 0.6) is 5.75 Å². The average Bonchev–Trinajstić information content (AvgIpc) is 2.20. The molecule has 0 aliphatic heterocycles. The zero-order valence-corrected chi connectivity index (χ0v) is 10.3. The Morgan fingerprint density at radius 3 is 2.73 bits per heavy atom. The first-order valence-corrected chi connectivity index (χ1v) is 5.39. The predicted molar refractivity (Wildman–Crippen MR) is 61.4 cm³/mol. The van der Waals surface area contributed by atoms with Crippen molar-refractivity contribution < 1.29 is 14.6 Å². The van der Waals surface area contributed by atoms with Gasteiger partial charge in [-0.2, -0.15) is 0 Å². The van der Waals surface area contributed by atoms with Crippen molar-refractivity contribution in [2.45, 2.75) is 19.8 Å². The lowest BCUT2D eigenvalue weighted by molar-refractivity contribution is -0.136. The van der Waals surface area contributed by atoms with E-state index >= 15 is 0 Å². The van der Waals surface area contributed by atoms with Crippen molar-refractivity contribution in [1.29, 1.82) is 0 Å². The summed E-state index contributed by atoms with van der Waals surface area (Å²) in [7, 11) is 1.62. The van der Waals surface area contributed by atoms with Gasteiger partial charge in [-0.1, -0.05) is 22.0 Å². The second kappa shape index (κ2) is 5.16. The molecule has 1 aromatic rings. The van der Waals surface area contributed by atoms with Crippen molar-refractivity contribution in [2.24, 2.45) is 0 Å². The molecule has 0 aliphatic carbocycles. The maximum Gasteiger partial charge on any atom is 0.303 e. The maximum atomic E-state index is 10.5. The molecule has 82 valence electrons. The Balaban J connectivity index is 2.91. The fraction of sp³-hybridized carbons (Fsp3) is 0.364. The normalized spacial score (nSPS) is 10.1. The van der Waals surface area contributed by atoms with E-state index in [0.29, 0.717) is 6.42 Å². The van der Waals surface area contributed by atoms with Crippen LogP contribution in [0.25, 0.3) is 0 Å². The van der Waals surface area contributed by atoms with E-state index in [-0.39, 0.29) is 6.42 Å². The lowest BCUT2D eigenvalue weighted by atomic mass is 10.1. The SMILES string of the molecule is COc1ccc(CCC(=O)O)c(Br)c1C. The molecule has 0 heterocycles. The number of aliphatic carboxylic acids is 1.